The van der Waals surface area contributed by atoms with E-state index < -0.39 is 21.5 Å². The lowest BCUT2D eigenvalue weighted by Gasteiger charge is -2.27. The highest BCUT2D eigenvalue weighted by Crippen LogP contribution is 2.33. The van der Waals surface area contributed by atoms with Gasteiger partial charge >= 0.3 is 5.97 Å². The standard InChI is InChI=1S/C19H22N4O6S2/c1-11-10-30-18-20-14(8-15(24)23(11)18)9-28-17(25)19(6-4-5-7-19)22-31(26,27)16-12(2)21-29-13(16)3/h8,10,22H,4-7,9H2,1-3H3. The van der Waals surface area contributed by atoms with Gasteiger partial charge in [0.2, 0.25) is 10.0 Å². The lowest BCUT2D eigenvalue weighted by atomic mass is 10.00. The van der Waals surface area contributed by atoms with Crippen molar-refractivity contribution in [2.24, 2.45) is 0 Å². The lowest BCUT2D eigenvalue weighted by Crippen LogP contribution is -2.53. The summed E-state index contributed by atoms with van der Waals surface area (Å²) in [5, 5.41) is 5.50. The van der Waals surface area contributed by atoms with Crippen molar-refractivity contribution >= 4 is 32.3 Å². The Morgan fingerprint density at radius 3 is 2.68 bits per heavy atom. The number of carbonyl (C=O) groups excluding carboxylic acids is 1. The van der Waals surface area contributed by atoms with Gasteiger partial charge in [0.15, 0.2) is 10.7 Å². The zero-order chi connectivity index (χ0) is 22.4. The van der Waals surface area contributed by atoms with Crippen molar-refractivity contribution in [3.63, 3.8) is 0 Å². The maximum atomic E-state index is 13.0. The summed E-state index contributed by atoms with van der Waals surface area (Å²) in [5.41, 5.74) is -0.338. The fraction of sp³-hybridized carbons (Fsp3) is 0.474. The first-order valence-electron chi connectivity index (χ1n) is 9.74. The molecule has 0 amide bonds. The summed E-state index contributed by atoms with van der Waals surface area (Å²) < 4.78 is 40.4. The molecule has 1 aliphatic rings. The van der Waals surface area contributed by atoms with Gasteiger partial charge in [0, 0.05) is 17.1 Å². The number of nitrogens with zero attached hydrogens (tertiary/aromatic N) is 3. The molecule has 166 valence electrons. The smallest absolute Gasteiger partial charge is 0.327 e. The van der Waals surface area contributed by atoms with E-state index in [0.717, 1.165) is 5.69 Å². The monoisotopic (exact) mass is 466 g/mol. The van der Waals surface area contributed by atoms with Crippen molar-refractivity contribution in [2.75, 3.05) is 0 Å². The number of esters is 1. The summed E-state index contributed by atoms with van der Waals surface area (Å²) >= 11 is 1.31. The average Bonchev–Trinajstić information content (AvgIpc) is 3.40. The molecule has 10 nitrogen and oxygen atoms in total. The van der Waals surface area contributed by atoms with E-state index >= 15 is 0 Å². The summed E-state index contributed by atoms with van der Waals surface area (Å²) in [5.74, 6) is -0.541. The van der Waals surface area contributed by atoms with Gasteiger partial charge in [0.25, 0.3) is 5.56 Å². The second kappa shape index (κ2) is 7.84. The number of ether oxygens (including phenoxy) is 1. The molecule has 1 N–H and O–H groups in total. The number of hydrogen-bond acceptors (Lipinski definition) is 9. The number of hydrogen-bond donors (Lipinski definition) is 1. The fourth-order valence-electron chi connectivity index (χ4n) is 3.95. The maximum Gasteiger partial charge on any atom is 0.327 e. The minimum absolute atomic E-state index is 0.0696. The van der Waals surface area contributed by atoms with Crippen molar-refractivity contribution in [3.05, 3.63) is 44.6 Å². The average molecular weight is 467 g/mol. The summed E-state index contributed by atoms with van der Waals surface area (Å²) in [6.45, 7) is 4.61. The molecule has 1 aliphatic carbocycles. The molecule has 31 heavy (non-hydrogen) atoms. The first-order chi connectivity index (χ1) is 14.6. The third-order valence-corrected chi connectivity index (χ3v) is 8.12. The van der Waals surface area contributed by atoms with Crippen molar-refractivity contribution in [3.8, 4) is 0 Å². The van der Waals surface area contributed by atoms with Crippen LogP contribution in [0.5, 0.6) is 0 Å². The van der Waals surface area contributed by atoms with Crippen molar-refractivity contribution < 1.29 is 22.5 Å². The molecular weight excluding hydrogens is 444 g/mol. The number of aryl methyl sites for hydroxylation is 3. The van der Waals surface area contributed by atoms with E-state index in [0.29, 0.717) is 36.3 Å². The van der Waals surface area contributed by atoms with E-state index in [1.165, 1.54) is 35.7 Å². The quantitative estimate of drug-likeness (QED) is 0.546. The van der Waals surface area contributed by atoms with Gasteiger partial charge < -0.3 is 9.26 Å². The first-order valence-corrected chi connectivity index (χ1v) is 12.1. The molecule has 0 unspecified atom stereocenters. The number of rotatable bonds is 6. The molecule has 0 aromatic carbocycles. The number of nitrogens with one attached hydrogen (secondary N) is 1. The molecule has 3 heterocycles. The molecule has 1 saturated carbocycles. The van der Waals surface area contributed by atoms with Gasteiger partial charge in [0.1, 0.15) is 22.7 Å². The van der Waals surface area contributed by atoms with Gasteiger partial charge in [-0.25, -0.2) is 13.4 Å². The van der Waals surface area contributed by atoms with E-state index in [1.54, 1.807) is 6.92 Å². The minimum Gasteiger partial charge on any atom is -0.458 e. The van der Waals surface area contributed by atoms with Crippen molar-refractivity contribution in [1.29, 1.82) is 0 Å². The predicted octanol–water partition coefficient (Wildman–Crippen LogP) is 2.00. The summed E-state index contributed by atoms with van der Waals surface area (Å²) in [6, 6.07) is 1.31. The number of sulfonamides is 1. The Balaban J connectivity index is 1.56. The zero-order valence-electron chi connectivity index (χ0n) is 17.3. The van der Waals surface area contributed by atoms with Gasteiger partial charge in [0.05, 0.1) is 5.69 Å². The van der Waals surface area contributed by atoms with Crippen LogP contribution in [0.3, 0.4) is 0 Å². The minimum atomic E-state index is -4.06. The number of carbonyl (C=O) groups is 1. The maximum absolute atomic E-state index is 13.0. The van der Waals surface area contributed by atoms with Crippen LogP contribution in [0, 0.1) is 20.8 Å². The highest BCUT2D eigenvalue weighted by molar-refractivity contribution is 7.89. The van der Waals surface area contributed by atoms with Crippen LogP contribution >= 0.6 is 11.3 Å². The second-order valence-electron chi connectivity index (χ2n) is 7.70. The fourth-order valence-corrected chi connectivity index (χ4v) is 6.58. The Labute approximate surface area is 182 Å². The van der Waals surface area contributed by atoms with Gasteiger partial charge in [-0.05, 0) is 33.6 Å². The van der Waals surface area contributed by atoms with Crippen LogP contribution in [-0.2, 0) is 26.2 Å². The number of aromatic nitrogens is 3. The molecule has 1 fully saturated rings. The largest absolute Gasteiger partial charge is 0.458 e. The van der Waals surface area contributed by atoms with E-state index in [4.69, 9.17) is 9.26 Å². The Bertz CT molecular complexity index is 1300. The Morgan fingerprint density at radius 1 is 1.32 bits per heavy atom. The van der Waals surface area contributed by atoms with Gasteiger partial charge in [-0.15, -0.1) is 11.3 Å². The molecule has 4 rings (SSSR count). The van der Waals surface area contributed by atoms with Crippen LogP contribution in [0.15, 0.2) is 25.7 Å². The topological polar surface area (TPSA) is 133 Å². The molecule has 0 spiro atoms. The molecule has 3 aromatic heterocycles. The molecular formula is C19H22N4O6S2. The second-order valence-corrected chi connectivity index (χ2v) is 10.2. The van der Waals surface area contributed by atoms with Crippen LogP contribution in [0.4, 0.5) is 0 Å². The van der Waals surface area contributed by atoms with Gasteiger partial charge in [-0.3, -0.25) is 14.0 Å². The van der Waals surface area contributed by atoms with Crippen LogP contribution in [0.2, 0.25) is 0 Å². The number of fused-ring (bicyclic) bond motifs is 1. The Hall–Kier alpha value is -2.57. The van der Waals surface area contributed by atoms with Gasteiger partial charge in [-0.2, -0.15) is 4.72 Å². The highest BCUT2D eigenvalue weighted by Gasteiger charge is 2.47. The van der Waals surface area contributed by atoms with Crippen molar-refractivity contribution in [1.82, 2.24) is 19.3 Å². The summed E-state index contributed by atoms with van der Waals surface area (Å²) in [7, 11) is -4.06. The van der Waals surface area contributed by atoms with Gasteiger partial charge in [-0.1, -0.05) is 18.0 Å². The molecule has 12 heteroatoms. The molecule has 0 aliphatic heterocycles. The molecule has 0 atom stereocenters. The molecule has 3 aromatic rings. The van der Waals surface area contributed by atoms with Crippen LogP contribution < -0.4 is 10.3 Å². The highest BCUT2D eigenvalue weighted by atomic mass is 32.2. The number of thiazole rings is 1. The third kappa shape index (κ3) is 3.90. The summed E-state index contributed by atoms with van der Waals surface area (Å²) in [6.07, 6.45) is 1.99. The zero-order valence-corrected chi connectivity index (χ0v) is 18.9. The van der Waals surface area contributed by atoms with E-state index in [9.17, 15) is 18.0 Å². The molecule has 0 saturated heterocycles. The predicted molar refractivity (Wildman–Crippen MR) is 111 cm³/mol. The van der Waals surface area contributed by atoms with E-state index in [2.05, 4.69) is 14.9 Å². The van der Waals surface area contributed by atoms with E-state index in [1.807, 2.05) is 5.38 Å². The van der Waals surface area contributed by atoms with E-state index in [-0.39, 0.29) is 28.5 Å². The van der Waals surface area contributed by atoms with Crippen LogP contribution in [-0.4, -0.2) is 34.5 Å². The normalized spacial score (nSPS) is 16.1. The molecule has 0 radical (unpaired) electrons. The van der Waals surface area contributed by atoms with Crippen LogP contribution in [0.25, 0.3) is 4.96 Å². The Kier molecular flexibility index (Phi) is 5.48. The SMILES string of the molecule is Cc1noc(C)c1S(=O)(=O)NC1(C(=O)OCc2cc(=O)n3c(C)csc3n2)CCCC1. The van der Waals surface area contributed by atoms with Crippen molar-refractivity contribution in [2.45, 2.75) is 63.5 Å². The summed E-state index contributed by atoms with van der Waals surface area (Å²) in [4.78, 5) is 30.1. The Morgan fingerprint density at radius 2 is 2.03 bits per heavy atom. The van der Waals surface area contributed by atoms with Crippen LogP contribution in [0.1, 0.15) is 48.5 Å². The first kappa shape index (κ1) is 21.7. The lowest BCUT2D eigenvalue weighted by molar-refractivity contribution is -0.152. The molecule has 0 bridgehead atoms. The third-order valence-electron chi connectivity index (χ3n) is 5.39.